The Kier molecular flexibility index (Phi) is 18.7. The molecule has 1 rings (SSSR count). The molecular formula is C28H48NO5P. The lowest BCUT2D eigenvalue weighted by molar-refractivity contribution is -0.122. The number of phosphoric ester groups is 1. The normalized spacial score (nSPS) is 12.8. The van der Waals surface area contributed by atoms with Crippen molar-refractivity contribution < 1.29 is 23.7 Å². The van der Waals surface area contributed by atoms with Crippen molar-refractivity contribution in [3.05, 3.63) is 48.0 Å². The highest BCUT2D eigenvalue weighted by atomic mass is 31.2. The number of benzene rings is 1. The van der Waals surface area contributed by atoms with Gasteiger partial charge in [-0.05, 0) is 50.5 Å². The fraction of sp³-hybridized carbons (Fsp3) is 0.679. The Morgan fingerprint density at radius 2 is 1.49 bits per heavy atom. The van der Waals surface area contributed by atoms with Crippen LogP contribution < -0.4 is 5.32 Å². The fourth-order valence-electron chi connectivity index (χ4n) is 4.03. The summed E-state index contributed by atoms with van der Waals surface area (Å²) in [5, 5.41) is 2.89. The van der Waals surface area contributed by atoms with Gasteiger partial charge in [-0.15, -0.1) is 0 Å². The maximum absolute atomic E-state index is 12.4. The van der Waals surface area contributed by atoms with Gasteiger partial charge in [0.2, 0.25) is 5.91 Å². The van der Waals surface area contributed by atoms with Crippen molar-refractivity contribution >= 4 is 13.7 Å². The molecule has 1 atom stereocenters. The third kappa shape index (κ3) is 20.4. The summed E-state index contributed by atoms with van der Waals surface area (Å²) < 4.78 is 15.7. The van der Waals surface area contributed by atoms with Gasteiger partial charge >= 0.3 is 7.82 Å². The Morgan fingerprint density at radius 1 is 0.914 bits per heavy atom. The first-order chi connectivity index (χ1) is 16.9. The van der Waals surface area contributed by atoms with Crippen LogP contribution in [0.2, 0.25) is 0 Å². The summed E-state index contributed by atoms with van der Waals surface area (Å²) in [5.41, 5.74) is 1.11. The zero-order chi connectivity index (χ0) is 25.6. The van der Waals surface area contributed by atoms with Crippen molar-refractivity contribution in [1.82, 2.24) is 5.32 Å². The quantitative estimate of drug-likeness (QED) is 0.0869. The van der Waals surface area contributed by atoms with Crippen LogP contribution in [0.15, 0.2) is 42.5 Å². The minimum Gasteiger partial charge on any atom is -0.351 e. The Bertz CT molecular complexity index is 719. The van der Waals surface area contributed by atoms with Crippen LogP contribution in [0.4, 0.5) is 0 Å². The molecule has 0 radical (unpaired) electrons. The van der Waals surface area contributed by atoms with Crippen molar-refractivity contribution in [1.29, 1.82) is 0 Å². The van der Waals surface area contributed by atoms with Gasteiger partial charge in [0.25, 0.3) is 0 Å². The highest BCUT2D eigenvalue weighted by molar-refractivity contribution is 7.46. The van der Waals surface area contributed by atoms with E-state index in [1.807, 2.05) is 30.3 Å². The zero-order valence-electron chi connectivity index (χ0n) is 21.7. The first-order valence-electron chi connectivity index (χ1n) is 13.6. The summed E-state index contributed by atoms with van der Waals surface area (Å²) >= 11 is 0. The van der Waals surface area contributed by atoms with Crippen molar-refractivity contribution in [3.8, 4) is 0 Å². The van der Waals surface area contributed by atoms with E-state index in [0.29, 0.717) is 19.3 Å². The van der Waals surface area contributed by atoms with E-state index in [4.69, 9.17) is 9.79 Å². The standard InChI is InChI=1S/C28H48NO5P/c1-2-3-4-5-6-7-8-9-10-11-12-13-14-15-19-22-28(30)29-27(25-34-35(31,32)33)24-23-26-20-17-16-18-21-26/h9-10,16-18,20-21,27H,2-8,11-15,19,22-25H2,1H3,(H,29,30)(H2,31,32,33)/b10-9-/t27-/m0/s1. The van der Waals surface area contributed by atoms with E-state index < -0.39 is 13.9 Å². The molecule has 0 saturated carbocycles. The maximum Gasteiger partial charge on any atom is 0.469 e. The van der Waals surface area contributed by atoms with E-state index in [1.165, 1.54) is 57.8 Å². The second kappa shape index (κ2) is 20.7. The molecule has 6 nitrogen and oxygen atoms in total. The molecule has 0 saturated heterocycles. The number of carbonyl (C=O) groups is 1. The van der Waals surface area contributed by atoms with E-state index in [0.717, 1.165) is 31.2 Å². The molecule has 0 aliphatic rings. The fourth-order valence-corrected chi connectivity index (χ4v) is 4.40. The molecule has 0 aliphatic carbocycles. The molecule has 3 N–H and O–H groups in total. The van der Waals surface area contributed by atoms with Crippen molar-refractivity contribution in [2.24, 2.45) is 0 Å². The van der Waals surface area contributed by atoms with Gasteiger partial charge in [-0.1, -0.05) is 101 Å². The largest absolute Gasteiger partial charge is 0.469 e. The van der Waals surface area contributed by atoms with Crippen LogP contribution in [0.5, 0.6) is 0 Å². The number of aryl methyl sites for hydroxylation is 1. The number of rotatable bonds is 22. The van der Waals surface area contributed by atoms with Crippen molar-refractivity contribution in [2.75, 3.05) is 6.61 Å². The Balaban J connectivity index is 2.11. The number of unbranched alkanes of at least 4 members (excludes halogenated alkanes) is 11. The predicted octanol–water partition coefficient (Wildman–Crippen LogP) is 7.25. The van der Waals surface area contributed by atoms with Gasteiger partial charge in [-0.2, -0.15) is 0 Å². The first-order valence-corrected chi connectivity index (χ1v) is 15.1. The minimum atomic E-state index is -4.57. The number of carbonyl (C=O) groups excluding carboxylic acids is 1. The first kappa shape index (κ1) is 31.6. The SMILES string of the molecule is CCCCCCCC/C=C\CCCCCCCC(=O)N[C@@H](CCc1ccccc1)COP(=O)(O)O. The molecule has 0 heterocycles. The van der Waals surface area contributed by atoms with Crippen LogP contribution in [0.3, 0.4) is 0 Å². The number of amides is 1. The Hall–Kier alpha value is -1.46. The number of hydrogen-bond donors (Lipinski definition) is 3. The van der Waals surface area contributed by atoms with Gasteiger partial charge in [-0.3, -0.25) is 9.32 Å². The minimum absolute atomic E-state index is 0.0880. The summed E-state index contributed by atoms with van der Waals surface area (Å²) in [5.74, 6) is -0.0880. The highest BCUT2D eigenvalue weighted by Gasteiger charge is 2.19. The van der Waals surface area contributed by atoms with E-state index in [-0.39, 0.29) is 12.5 Å². The molecule has 0 aliphatic heterocycles. The lowest BCUT2D eigenvalue weighted by Crippen LogP contribution is -2.38. The Labute approximate surface area is 213 Å². The van der Waals surface area contributed by atoms with Gasteiger partial charge in [0, 0.05) is 6.42 Å². The van der Waals surface area contributed by atoms with Crippen LogP contribution in [0.1, 0.15) is 109 Å². The van der Waals surface area contributed by atoms with E-state index in [2.05, 4.69) is 28.9 Å². The van der Waals surface area contributed by atoms with Crippen LogP contribution in [0, 0.1) is 0 Å². The van der Waals surface area contributed by atoms with E-state index >= 15 is 0 Å². The van der Waals surface area contributed by atoms with Crippen LogP contribution in [-0.2, 0) is 20.3 Å². The smallest absolute Gasteiger partial charge is 0.351 e. The average molecular weight is 510 g/mol. The highest BCUT2D eigenvalue weighted by Crippen LogP contribution is 2.35. The molecule has 0 spiro atoms. The average Bonchev–Trinajstić information content (AvgIpc) is 2.83. The second-order valence-corrected chi connectivity index (χ2v) is 10.6. The lowest BCUT2D eigenvalue weighted by Gasteiger charge is -2.19. The molecule has 35 heavy (non-hydrogen) atoms. The van der Waals surface area contributed by atoms with Crippen LogP contribution in [-0.4, -0.2) is 28.3 Å². The third-order valence-electron chi connectivity index (χ3n) is 6.10. The number of phosphoric acid groups is 1. The number of nitrogens with one attached hydrogen (secondary N) is 1. The molecule has 0 unspecified atom stereocenters. The molecular weight excluding hydrogens is 461 g/mol. The summed E-state index contributed by atoms with van der Waals surface area (Å²) in [6.45, 7) is 2.05. The van der Waals surface area contributed by atoms with Gasteiger partial charge < -0.3 is 15.1 Å². The van der Waals surface area contributed by atoms with Crippen molar-refractivity contribution in [3.63, 3.8) is 0 Å². The van der Waals surface area contributed by atoms with E-state index in [1.54, 1.807) is 0 Å². The van der Waals surface area contributed by atoms with Gasteiger partial charge in [0.1, 0.15) is 0 Å². The number of hydrogen-bond acceptors (Lipinski definition) is 3. The number of allylic oxidation sites excluding steroid dienone is 2. The molecule has 7 heteroatoms. The summed E-state index contributed by atoms with van der Waals surface area (Å²) in [6, 6.07) is 9.39. The maximum atomic E-state index is 12.4. The van der Waals surface area contributed by atoms with Gasteiger partial charge in [-0.25, -0.2) is 4.57 Å². The molecule has 0 fully saturated rings. The van der Waals surface area contributed by atoms with Crippen LogP contribution >= 0.6 is 7.82 Å². The van der Waals surface area contributed by atoms with Crippen molar-refractivity contribution in [2.45, 2.75) is 116 Å². The monoisotopic (exact) mass is 509 g/mol. The van der Waals surface area contributed by atoms with Gasteiger partial charge in [0.15, 0.2) is 0 Å². The molecule has 1 amide bonds. The summed E-state index contributed by atoms with van der Waals surface area (Å²) in [6.07, 6.45) is 22.1. The summed E-state index contributed by atoms with van der Waals surface area (Å²) in [7, 11) is -4.57. The zero-order valence-corrected chi connectivity index (χ0v) is 22.6. The van der Waals surface area contributed by atoms with E-state index in [9.17, 15) is 9.36 Å². The topological polar surface area (TPSA) is 95.9 Å². The lowest BCUT2D eigenvalue weighted by atomic mass is 10.0. The second-order valence-electron chi connectivity index (χ2n) is 9.41. The summed E-state index contributed by atoms with van der Waals surface area (Å²) in [4.78, 5) is 30.4. The molecule has 1 aromatic carbocycles. The molecule has 200 valence electrons. The third-order valence-corrected chi connectivity index (χ3v) is 6.58. The van der Waals surface area contributed by atoms with Gasteiger partial charge in [0.05, 0.1) is 12.6 Å². The molecule has 1 aromatic rings. The van der Waals surface area contributed by atoms with Crippen LogP contribution in [0.25, 0.3) is 0 Å². The molecule has 0 bridgehead atoms. The predicted molar refractivity (Wildman–Crippen MR) is 144 cm³/mol. The Morgan fingerprint density at radius 3 is 2.09 bits per heavy atom. The molecule has 0 aromatic heterocycles.